The first-order valence-electron chi connectivity index (χ1n) is 9.16. The number of fused-ring (bicyclic) bond motifs is 1. The summed E-state index contributed by atoms with van der Waals surface area (Å²) in [6, 6.07) is 0.365. The van der Waals surface area contributed by atoms with Gasteiger partial charge in [-0.3, -0.25) is 14.6 Å². The van der Waals surface area contributed by atoms with Gasteiger partial charge in [-0.1, -0.05) is 11.6 Å². The summed E-state index contributed by atoms with van der Waals surface area (Å²) in [7, 11) is 2.16. The van der Waals surface area contributed by atoms with Gasteiger partial charge < -0.3 is 10.1 Å². The van der Waals surface area contributed by atoms with Crippen molar-refractivity contribution in [3.63, 3.8) is 0 Å². The van der Waals surface area contributed by atoms with E-state index in [1.165, 1.54) is 31.3 Å². The monoisotopic (exact) mass is 321 g/mol. The number of hydrogen-bond donors (Lipinski definition) is 1. The molecule has 130 valence electrons. The van der Waals surface area contributed by atoms with Gasteiger partial charge in [0.05, 0.1) is 18.8 Å². The highest BCUT2D eigenvalue weighted by molar-refractivity contribution is 5.81. The van der Waals surface area contributed by atoms with Crippen LogP contribution in [0, 0.1) is 0 Å². The van der Waals surface area contributed by atoms with Crippen molar-refractivity contribution in [3.8, 4) is 0 Å². The summed E-state index contributed by atoms with van der Waals surface area (Å²) in [5, 5.41) is 3.12. The fraction of sp³-hybridized carbons (Fsp3) is 0.833. The topological polar surface area (TPSA) is 44.8 Å². The Morgan fingerprint density at radius 1 is 1.43 bits per heavy atom. The summed E-state index contributed by atoms with van der Waals surface area (Å²) in [4.78, 5) is 17.1. The minimum absolute atomic E-state index is 0.0714. The third kappa shape index (κ3) is 4.14. The molecule has 0 aromatic rings. The molecule has 1 N–H and O–H groups in total. The largest absolute Gasteiger partial charge is 0.374 e. The Labute approximate surface area is 140 Å². The number of hydrogen-bond acceptors (Lipinski definition) is 4. The number of allylic oxidation sites excluding steroid dienone is 1. The van der Waals surface area contributed by atoms with E-state index >= 15 is 0 Å². The van der Waals surface area contributed by atoms with Gasteiger partial charge in [-0.2, -0.15) is 0 Å². The molecule has 0 radical (unpaired) electrons. The molecule has 2 fully saturated rings. The fourth-order valence-electron chi connectivity index (χ4n) is 3.99. The molecular formula is C18H31N3O2. The van der Waals surface area contributed by atoms with Crippen LogP contribution in [0.25, 0.3) is 0 Å². The summed E-state index contributed by atoms with van der Waals surface area (Å²) >= 11 is 0. The lowest BCUT2D eigenvalue weighted by molar-refractivity contribution is -0.125. The molecule has 1 aliphatic carbocycles. The predicted molar refractivity (Wildman–Crippen MR) is 91.4 cm³/mol. The minimum atomic E-state index is -0.0714. The van der Waals surface area contributed by atoms with Crippen LogP contribution in [0.15, 0.2) is 11.6 Å². The van der Waals surface area contributed by atoms with Crippen LogP contribution in [0.2, 0.25) is 0 Å². The lowest BCUT2D eigenvalue weighted by Gasteiger charge is -2.33. The van der Waals surface area contributed by atoms with Crippen LogP contribution in [-0.4, -0.2) is 73.7 Å². The molecule has 0 spiro atoms. The number of carbonyl (C=O) groups is 1. The van der Waals surface area contributed by atoms with Gasteiger partial charge in [0.1, 0.15) is 0 Å². The number of ether oxygens (including phenoxy) is 1. The van der Waals surface area contributed by atoms with Crippen molar-refractivity contribution in [2.75, 3.05) is 39.8 Å². The Balaban J connectivity index is 1.43. The van der Waals surface area contributed by atoms with E-state index in [9.17, 15) is 4.79 Å². The quantitative estimate of drug-likeness (QED) is 0.778. The zero-order chi connectivity index (χ0) is 16.2. The second kappa shape index (κ2) is 7.77. The maximum Gasteiger partial charge on any atom is 0.237 e. The zero-order valence-electron chi connectivity index (χ0n) is 14.6. The number of nitrogens with zero attached hydrogens (tertiary/aromatic N) is 2. The third-order valence-corrected chi connectivity index (χ3v) is 5.66. The van der Waals surface area contributed by atoms with Crippen molar-refractivity contribution >= 4 is 5.91 Å². The second-order valence-electron chi connectivity index (χ2n) is 7.24. The van der Waals surface area contributed by atoms with Crippen molar-refractivity contribution < 1.29 is 9.53 Å². The van der Waals surface area contributed by atoms with Gasteiger partial charge in [-0.25, -0.2) is 0 Å². The number of carbonyl (C=O) groups excluding carboxylic acids is 1. The van der Waals surface area contributed by atoms with Crippen LogP contribution in [-0.2, 0) is 9.53 Å². The average molecular weight is 321 g/mol. The van der Waals surface area contributed by atoms with Gasteiger partial charge in [-0.05, 0) is 46.1 Å². The zero-order valence-corrected chi connectivity index (χ0v) is 14.6. The molecule has 3 rings (SSSR count). The van der Waals surface area contributed by atoms with Crippen LogP contribution in [0.4, 0.5) is 0 Å². The first-order valence-corrected chi connectivity index (χ1v) is 9.16. The first kappa shape index (κ1) is 16.9. The van der Waals surface area contributed by atoms with E-state index in [4.69, 9.17) is 4.74 Å². The molecule has 2 saturated heterocycles. The number of likely N-dealkylation sites (N-methyl/N-ethyl adjacent to an activating group) is 1. The Bertz CT molecular complexity index is 452. The highest BCUT2D eigenvalue weighted by Crippen LogP contribution is 2.23. The second-order valence-corrected chi connectivity index (χ2v) is 7.24. The smallest absolute Gasteiger partial charge is 0.237 e. The Hall–Kier alpha value is -0.910. The highest BCUT2D eigenvalue weighted by atomic mass is 16.5. The van der Waals surface area contributed by atoms with Crippen LogP contribution in [0.5, 0.6) is 0 Å². The number of nitrogens with one attached hydrogen (secondary N) is 1. The number of morpholine rings is 1. The SMILES string of the molecule is C[C@H](C(=O)NCCC1=CCCCC1)N1C[C@@H]2OCCN(C)[C@@H]2C1. The maximum absolute atomic E-state index is 12.4. The molecule has 0 saturated carbocycles. The van der Waals surface area contributed by atoms with Crippen LogP contribution in [0.3, 0.4) is 0 Å². The minimum Gasteiger partial charge on any atom is -0.374 e. The van der Waals surface area contributed by atoms with Gasteiger partial charge in [0, 0.05) is 32.2 Å². The van der Waals surface area contributed by atoms with E-state index in [1.807, 2.05) is 6.92 Å². The van der Waals surface area contributed by atoms with E-state index in [0.29, 0.717) is 6.04 Å². The number of rotatable bonds is 5. The van der Waals surface area contributed by atoms with E-state index in [2.05, 4.69) is 28.2 Å². The molecule has 3 atom stereocenters. The van der Waals surface area contributed by atoms with Crippen LogP contribution >= 0.6 is 0 Å². The number of amides is 1. The van der Waals surface area contributed by atoms with Crippen LogP contribution in [0.1, 0.15) is 39.0 Å². The fourth-order valence-corrected chi connectivity index (χ4v) is 3.99. The summed E-state index contributed by atoms with van der Waals surface area (Å²) in [6.07, 6.45) is 8.68. The van der Waals surface area contributed by atoms with Crippen molar-refractivity contribution in [2.24, 2.45) is 0 Å². The normalized spacial score (nSPS) is 30.6. The van der Waals surface area contributed by atoms with E-state index in [1.54, 1.807) is 0 Å². The molecule has 0 bridgehead atoms. The van der Waals surface area contributed by atoms with Gasteiger partial charge >= 0.3 is 0 Å². The highest BCUT2D eigenvalue weighted by Gasteiger charge is 2.41. The summed E-state index contributed by atoms with van der Waals surface area (Å²) in [5.41, 5.74) is 1.52. The van der Waals surface area contributed by atoms with Gasteiger partial charge in [0.2, 0.25) is 5.91 Å². The molecule has 2 aliphatic heterocycles. The standard InChI is InChI=1S/C18H31N3O2/c1-14(18(22)19-9-8-15-6-4-3-5-7-15)21-12-16-17(13-21)23-11-10-20(16)2/h6,14,16-17H,3-5,7-13H2,1-2H3,(H,19,22)/t14-,16-,17+/m1/s1. The number of likely N-dealkylation sites (tertiary alicyclic amines) is 1. The lowest BCUT2D eigenvalue weighted by atomic mass is 9.97. The molecule has 3 aliphatic rings. The molecular weight excluding hydrogens is 290 g/mol. The summed E-state index contributed by atoms with van der Waals surface area (Å²) < 4.78 is 5.87. The maximum atomic E-state index is 12.4. The van der Waals surface area contributed by atoms with Gasteiger partial charge in [0.15, 0.2) is 0 Å². The van der Waals surface area contributed by atoms with E-state index < -0.39 is 0 Å². The molecule has 5 heteroatoms. The van der Waals surface area contributed by atoms with Crippen LogP contribution < -0.4 is 5.32 Å². The molecule has 1 amide bonds. The van der Waals surface area contributed by atoms with E-state index in [0.717, 1.165) is 39.2 Å². The summed E-state index contributed by atoms with van der Waals surface area (Å²) in [6.45, 7) is 6.39. The third-order valence-electron chi connectivity index (χ3n) is 5.66. The molecule has 0 unspecified atom stereocenters. The molecule has 2 heterocycles. The van der Waals surface area contributed by atoms with Crippen molar-refractivity contribution in [3.05, 3.63) is 11.6 Å². The predicted octanol–water partition coefficient (Wildman–Crippen LogP) is 1.40. The van der Waals surface area contributed by atoms with Crippen molar-refractivity contribution in [1.82, 2.24) is 15.1 Å². The molecule has 0 aromatic heterocycles. The van der Waals surface area contributed by atoms with Crippen molar-refractivity contribution in [2.45, 2.75) is 57.2 Å². The van der Waals surface area contributed by atoms with Crippen molar-refractivity contribution in [1.29, 1.82) is 0 Å². The Morgan fingerprint density at radius 3 is 3.04 bits per heavy atom. The first-order chi connectivity index (χ1) is 11.1. The lowest BCUT2D eigenvalue weighted by Crippen LogP contribution is -2.48. The summed E-state index contributed by atoms with van der Waals surface area (Å²) in [5.74, 6) is 0.155. The van der Waals surface area contributed by atoms with Gasteiger partial charge in [-0.15, -0.1) is 0 Å². The molecule has 23 heavy (non-hydrogen) atoms. The van der Waals surface area contributed by atoms with Gasteiger partial charge in [0.25, 0.3) is 0 Å². The Morgan fingerprint density at radius 2 is 2.30 bits per heavy atom. The van der Waals surface area contributed by atoms with E-state index in [-0.39, 0.29) is 18.1 Å². The molecule has 5 nitrogen and oxygen atoms in total. The Kier molecular flexibility index (Phi) is 5.72. The average Bonchev–Trinajstić information content (AvgIpc) is 3.00. The molecule has 0 aromatic carbocycles.